The Morgan fingerprint density at radius 1 is 1.10 bits per heavy atom. The molecule has 0 aromatic heterocycles. The second kappa shape index (κ2) is 7.36. The molecule has 2 aromatic rings. The van der Waals surface area contributed by atoms with Gasteiger partial charge in [0.2, 0.25) is 5.91 Å². The number of halogens is 1. The molecule has 0 atom stereocenters. The van der Waals surface area contributed by atoms with Crippen LogP contribution in [-0.4, -0.2) is 18.3 Å². The molecule has 0 fully saturated rings. The predicted octanol–water partition coefficient (Wildman–Crippen LogP) is 4.18. The molecule has 0 bridgehead atoms. The first-order valence-corrected chi connectivity index (χ1v) is 7.93. The summed E-state index contributed by atoms with van der Waals surface area (Å²) < 4.78 is 5.13. The number of anilines is 1. The summed E-state index contributed by atoms with van der Waals surface area (Å²) >= 11 is 4.78. The Balaban J connectivity index is 2.00. The van der Waals surface area contributed by atoms with Gasteiger partial charge in [-0.15, -0.1) is 0 Å². The van der Waals surface area contributed by atoms with Crippen LogP contribution in [0.4, 0.5) is 5.69 Å². The van der Waals surface area contributed by atoms with Gasteiger partial charge in [-0.05, 0) is 48.5 Å². The standard InChI is InChI=1S/C15H14BrNO2S/c1-19-12-4-8-14(9-5-12)20-13-6-2-11(3-7-13)17-15(18)10-16/h2-9H,10H2,1H3,(H,17,18). The number of carbonyl (C=O) groups is 1. The first-order chi connectivity index (χ1) is 9.71. The van der Waals surface area contributed by atoms with E-state index in [0.29, 0.717) is 5.33 Å². The van der Waals surface area contributed by atoms with Crippen molar-refractivity contribution in [3.8, 4) is 5.75 Å². The van der Waals surface area contributed by atoms with E-state index in [-0.39, 0.29) is 5.91 Å². The van der Waals surface area contributed by atoms with Crippen molar-refractivity contribution in [1.29, 1.82) is 0 Å². The molecule has 0 aliphatic rings. The third-order valence-corrected chi connectivity index (χ3v) is 4.08. The van der Waals surface area contributed by atoms with Crippen molar-refractivity contribution in [1.82, 2.24) is 0 Å². The Kier molecular flexibility index (Phi) is 5.49. The fourth-order valence-corrected chi connectivity index (χ4v) is 2.54. The molecule has 1 amide bonds. The molecule has 0 aliphatic heterocycles. The number of hydrogen-bond acceptors (Lipinski definition) is 3. The van der Waals surface area contributed by atoms with Gasteiger partial charge in [0.15, 0.2) is 0 Å². The van der Waals surface area contributed by atoms with Crippen LogP contribution in [0.2, 0.25) is 0 Å². The molecule has 0 radical (unpaired) electrons. The maximum absolute atomic E-state index is 11.2. The highest BCUT2D eigenvalue weighted by Gasteiger charge is 2.01. The molecular formula is C15H14BrNO2S. The van der Waals surface area contributed by atoms with Crippen LogP contribution in [0.1, 0.15) is 0 Å². The van der Waals surface area contributed by atoms with Gasteiger partial charge in [0.25, 0.3) is 0 Å². The molecule has 20 heavy (non-hydrogen) atoms. The molecule has 2 rings (SSSR count). The number of benzene rings is 2. The summed E-state index contributed by atoms with van der Waals surface area (Å²) in [4.78, 5) is 13.5. The largest absolute Gasteiger partial charge is 0.497 e. The third kappa shape index (κ3) is 4.28. The zero-order valence-corrected chi connectivity index (χ0v) is 13.3. The summed E-state index contributed by atoms with van der Waals surface area (Å²) in [5, 5.41) is 3.09. The van der Waals surface area contributed by atoms with Crippen LogP contribution < -0.4 is 10.1 Å². The van der Waals surface area contributed by atoms with E-state index >= 15 is 0 Å². The van der Waals surface area contributed by atoms with E-state index in [0.717, 1.165) is 21.2 Å². The average Bonchev–Trinajstić information content (AvgIpc) is 2.50. The van der Waals surface area contributed by atoms with Gasteiger partial charge in [-0.2, -0.15) is 0 Å². The number of methoxy groups -OCH3 is 1. The molecule has 0 aliphatic carbocycles. The van der Waals surface area contributed by atoms with Crippen molar-refractivity contribution in [2.24, 2.45) is 0 Å². The lowest BCUT2D eigenvalue weighted by Crippen LogP contribution is -2.11. The smallest absolute Gasteiger partial charge is 0.235 e. The summed E-state index contributed by atoms with van der Waals surface area (Å²) in [6.07, 6.45) is 0. The first kappa shape index (κ1) is 14.9. The molecule has 2 aromatic carbocycles. The minimum atomic E-state index is -0.0550. The maximum Gasteiger partial charge on any atom is 0.235 e. The number of amides is 1. The zero-order chi connectivity index (χ0) is 14.4. The zero-order valence-electron chi connectivity index (χ0n) is 10.9. The third-order valence-electron chi connectivity index (χ3n) is 2.55. The van der Waals surface area contributed by atoms with E-state index in [2.05, 4.69) is 21.2 Å². The van der Waals surface area contributed by atoms with E-state index in [1.807, 2.05) is 48.5 Å². The topological polar surface area (TPSA) is 38.3 Å². The summed E-state index contributed by atoms with van der Waals surface area (Å²) in [6, 6.07) is 15.7. The second-order valence-electron chi connectivity index (χ2n) is 3.98. The molecule has 0 spiro atoms. The van der Waals surface area contributed by atoms with Crippen LogP contribution in [-0.2, 0) is 4.79 Å². The fraction of sp³-hybridized carbons (Fsp3) is 0.133. The van der Waals surface area contributed by atoms with Crippen molar-refractivity contribution in [3.63, 3.8) is 0 Å². The molecule has 104 valence electrons. The maximum atomic E-state index is 11.2. The van der Waals surface area contributed by atoms with E-state index in [9.17, 15) is 4.79 Å². The van der Waals surface area contributed by atoms with Crippen LogP contribution in [0.25, 0.3) is 0 Å². The Morgan fingerprint density at radius 3 is 2.15 bits per heavy atom. The number of rotatable bonds is 5. The predicted molar refractivity (Wildman–Crippen MR) is 86.0 cm³/mol. The van der Waals surface area contributed by atoms with Crippen molar-refractivity contribution >= 4 is 39.3 Å². The van der Waals surface area contributed by atoms with Gasteiger partial charge in [-0.3, -0.25) is 4.79 Å². The molecular weight excluding hydrogens is 338 g/mol. The van der Waals surface area contributed by atoms with Crippen LogP contribution >= 0.6 is 27.7 Å². The first-order valence-electron chi connectivity index (χ1n) is 5.99. The minimum absolute atomic E-state index is 0.0550. The lowest BCUT2D eigenvalue weighted by Gasteiger charge is -2.06. The quantitative estimate of drug-likeness (QED) is 0.821. The van der Waals surface area contributed by atoms with E-state index in [1.165, 1.54) is 0 Å². The summed E-state index contributed by atoms with van der Waals surface area (Å²) in [5.41, 5.74) is 0.800. The Morgan fingerprint density at radius 2 is 1.65 bits per heavy atom. The van der Waals surface area contributed by atoms with Crippen molar-refractivity contribution in [3.05, 3.63) is 48.5 Å². The van der Waals surface area contributed by atoms with E-state index in [4.69, 9.17) is 4.74 Å². The number of carbonyl (C=O) groups excluding carboxylic acids is 1. The molecule has 0 unspecified atom stereocenters. The van der Waals surface area contributed by atoms with Gasteiger partial charge in [-0.1, -0.05) is 27.7 Å². The van der Waals surface area contributed by atoms with Crippen molar-refractivity contribution in [2.75, 3.05) is 17.8 Å². The van der Waals surface area contributed by atoms with Gasteiger partial charge in [0.05, 0.1) is 12.4 Å². The lowest BCUT2D eigenvalue weighted by atomic mass is 10.3. The summed E-state index contributed by atoms with van der Waals surface area (Å²) in [5.74, 6) is 0.794. The highest BCUT2D eigenvalue weighted by Crippen LogP contribution is 2.29. The molecule has 0 saturated heterocycles. The highest BCUT2D eigenvalue weighted by atomic mass is 79.9. The van der Waals surface area contributed by atoms with Crippen LogP contribution in [0.15, 0.2) is 58.3 Å². The monoisotopic (exact) mass is 351 g/mol. The molecule has 0 saturated carbocycles. The van der Waals surface area contributed by atoms with Crippen LogP contribution in [0.5, 0.6) is 5.75 Å². The van der Waals surface area contributed by atoms with E-state index in [1.54, 1.807) is 18.9 Å². The van der Waals surface area contributed by atoms with Gasteiger partial charge in [-0.25, -0.2) is 0 Å². The number of hydrogen-bond donors (Lipinski definition) is 1. The van der Waals surface area contributed by atoms with Crippen molar-refractivity contribution in [2.45, 2.75) is 9.79 Å². The van der Waals surface area contributed by atoms with Crippen molar-refractivity contribution < 1.29 is 9.53 Å². The van der Waals surface area contributed by atoms with Gasteiger partial charge < -0.3 is 10.1 Å². The van der Waals surface area contributed by atoms with Crippen LogP contribution in [0.3, 0.4) is 0 Å². The highest BCUT2D eigenvalue weighted by molar-refractivity contribution is 9.09. The van der Waals surface area contributed by atoms with Crippen LogP contribution in [0, 0.1) is 0 Å². The van der Waals surface area contributed by atoms with Gasteiger partial charge in [0, 0.05) is 15.5 Å². The van der Waals surface area contributed by atoms with E-state index < -0.39 is 0 Å². The Hall–Kier alpha value is -1.46. The Labute approximate surface area is 130 Å². The molecule has 1 N–H and O–H groups in total. The normalized spacial score (nSPS) is 10.1. The lowest BCUT2D eigenvalue weighted by molar-refractivity contribution is -0.113. The molecule has 3 nitrogen and oxygen atoms in total. The van der Waals surface area contributed by atoms with Gasteiger partial charge >= 0.3 is 0 Å². The van der Waals surface area contributed by atoms with Gasteiger partial charge in [0.1, 0.15) is 5.75 Å². The average molecular weight is 352 g/mol. The minimum Gasteiger partial charge on any atom is -0.497 e. The SMILES string of the molecule is COc1ccc(Sc2ccc(NC(=O)CBr)cc2)cc1. The second-order valence-corrected chi connectivity index (χ2v) is 5.69. The summed E-state index contributed by atoms with van der Waals surface area (Å²) in [6.45, 7) is 0. The number of ether oxygens (including phenoxy) is 1. The number of alkyl halides is 1. The Bertz CT molecular complexity index is 569. The fourth-order valence-electron chi connectivity index (χ4n) is 1.58. The number of nitrogens with one attached hydrogen (secondary N) is 1. The molecule has 5 heteroatoms. The summed E-state index contributed by atoms with van der Waals surface area (Å²) in [7, 11) is 1.65. The molecule has 0 heterocycles.